The van der Waals surface area contributed by atoms with Gasteiger partial charge in [0.15, 0.2) is 0 Å². The van der Waals surface area contributed by atoms with Crippen LogP contribution in [0.5, 0.6) is 5.75 Å². The molecule has 2 aromatic carbocycles. The molecule has 0 saturated heterocycles. The number of para-hydroxylation sites is 1. The first kappa shape index (κ1) is 18.4. The van der Waals surface area contributed by atoms with Gasteiger partial charge in [0.1, 0.15) is 17.6 Å². The summed E-state index contributed by atoms with van der Waals surface area (Å²) in [6.07, 6.45) is 4.41. The second kappa shape index (κ2) is 7.30. The number of nitrogens with zero attached hydrogens (tertiary/aromatic N) is 2. The largest absolute Gasteiger partial charge is 0.497 e. The molecule has 5 nitrogen and oxygen atoms in total. The molecule has 2 heterocycles. The summed E-state index contributed by atoms with van der Waals surface area (Å²) >= 11 is 0. The minimum absolute atomic E-state index is 0.147. The highest BCUT2D eigenvalue weighted by molar-refractivity contribution is 6.11. The van der Waals surface area contributed by atoms with E-state index >= 15 is 0 Å². The third-order valence-corrected chi connectivity index (χ3v) is 5.53. The molecule has 1 aromatic heterocycles. The van der Waals surface area contributed by atoms with Gasteiger partial charge >= 0.3 is 0 Å². The fourth-order valence-corrected chi connectivity index (χ4v) is 4.12. The van der Waals surface area contributed by atoms with Gasteiger partial charge in [-0.15, -0.1) is 0 Å². The van der Waals surface area contributed by atoms with Gasteiger partial charge in [0.2, 0.25) is 0 Å². The van der Waals surface area contributed by atoms with Crippen molar-refractivity contribution in [2.45, 2.75) is 18.6 Å². The van der Waals surface area contributed by atoms with Gasteiger partial charge in [-0.1, -0.05) is 42.5 Å². The van der Waals surface area contributed by atoms with Gasteiger partial charge in [0.05, 0.1) is 18.8 Å². The van der Waals surface area contributed by atoms with Crippen molar-refractivity contribution in [3.05, 3.63) is 95.3 Å². The van der Waals surface area contributed by atoms with Crippen LogP contribution in [0.25, 0.3) is 5.57 Å². The van der Waals surface area contributed by atoms with Crippen molar-refractivity contribution < 1.29 is 13.9 Å². The number of hydrogen-bond donors (Lipinski definition) is 1. The second-order valence-electron chi connectivity index (χ2n) is 7.32. The van der Waals surface area contributed by atoms with E-state index in [1.165, 1.54) is 6.08 Å². The Morgan fingerprint density at radius 2 is 2.00 bits per heavy atom. The molecule has 0 saturated carbocycles. The Balaban J connectivity index is 1.69. The molecule has 0 fully saturated rings. The van der Waals surface area contributed by atoms with Crippen LogP contribution in [0.4, 0.5) is 10.1 Å². The van der Waals surface area contributed by atoms with Crippen LogP contribution >= 0.6 is 0 Å². The first-order valence-electron chi connectivity index (χ1n) is 9.81. The number of aromatic nitrogens is 2. The first-order chi connectivity index (χ1) is 14.7. The number of benzene rings is 2. The number of methoxy groups -OCH3 is 1. The molecule has 1 aliphatic heterocycles. The third-order valence-electron chi connectivity index (χ3n) is 5.53. The number of nitrogens with one attached hydrogen (secondary N) is 1. The Hall–Kier alpha value is -3.67. The van der Waals surface area contributed by atoms with E-state index in [9.17, 15) is 9.18 Å². The number of hydrogen-bond acceptors (Lipinski definition) is 3. The van der Waals surface area contributed by atoms with E-state index in [4.69, 9.17) is 4.74 Å². The molecule has 1 amide bonds. The standard InChI is InChI=1S/C24H20FN3O2/c1-30-19-9-5-6-16(14-19)23-20-21(15-10-12-17(25)13-11-15)26-27-22(20)24(29)28(23)18-7-3-2-4-8-18/h2-12,14,17,23H,13H2,1H3,(H,26,27). The van der Waals surface area contributed by atoms with Crippen molar-refractivity contribution in [1.29, 1.82) is 0 Å². The van der Waals surface area contributed by atoms with Crippen LogP contribution in [0.2, 0.25) is 0 Å². The molecule has 1 N–H and O–H groups in total. The maximum Gasteiger partial charge on any atom is 0.277 e. The summed E-state index contributed by atoms with van der Waals surface area (Å²) in [7, 11) is 1.62. The topological polar surface area (TPSA) is 58.2 Å². The number of ether oxygens (including phenoxy) is 1. The minimum atomic E-state index is -0.989. The van der Waals surface area contributed by atoms with Crippen LogP contribution in [-0.4, -0.2) is 29.4 Å². The molecular formula is C24H20FN3O2. The Bertz CT molecular complexity index is 1170. The predicted octanol–water partition coefficient (Wildman–Crippen LogP) is 4.85. The number of halogens is 1. The van der Waals surface area contributed by atoms with Crippen molar-refractivity contribution >= 4 is 17.2 Å². The highest BCUT2D eigenvalue weighted by Gasteiger charge is 2.43. The van der Waals surface area contributed by atoms with Crippen molar-refractivity contribution in [2.75, 3.05) is 12.0 Å². The summed E-state index contributed by atoms with van der Waals surface area (Å²) in [6.45, 7) is 0. The van der Waals surface area contributed by atoms with E-state index in [2.05, 4.69) is 10.2 Å². The summed E-state index contributed by atoms with van der Waals surface area (Å²) in [6, 6.07) is 16.9. The Kier molecular flexibility index (Phi) is 4.47. The molecule has 30 heavy (non-hydrogen) atoms. The van der Waals surface area contributed by atoms with E-state index in [0.717, 1.165) is 22.4 Å². The summed E-state index contributed by atoms with van der Waals surface area (Å²) < 4.78 is 19.0. The minimum Gasteiger partial charge on any atom is -0.497 e. The van der Waals surface area contributed by atoms with Crippen LogP contribution in [0.15, 0.2) is 72.8 Å². The summed E-state index contributed by atoms with van der Waals surface area (Å²) in [4.78, 5) is 15.2. The molecule has 2 aliphatic rings. The highest BCUT2D eigenvalue weighted by atomic mass is 19.1. The lowest BCUT2D eigenvalue weighted by atomic mass is 9.93. The molecule has 6 heteroatoms. The number of aromatic amines is 1. The summed E-state index contributed by atoms with van der Waals surface area (Å²) in [5, 5.41) is 7.37. The average Bonchev–Trinajstić information content (AvgIpc) is 3.34. The molecule has 3 aromatic rings. The number of carbonyl (C=O) groups is 1. The number of anilines is 1. The monoisotopic (exact) mass is 401 g/mol. The zero-order valence-electron chi connectivity index (χ0n) is 16.4. The van der Waals surface area contributed by atoms with Gasteiger partial charge < -0.3 is 4.74 Å². The maximum atomic E-state index is 13.6. The smallest absolute Gasteiger partial charge is 0.277 e. The van der Waals surface area contributed by atoms with Crippen molar-refractivity contribution in [2.24, 2.45) is 0 Å². The lowest BCUT2D eigenvalue weighted by Crippen LogP contribution is -2.29. The van der Waals surface area contributed by atoms with Crippen LogP contribution in [0.3, 0.4) is 0 Å². The zero-order valence-corrected chi connectivity index (χ0v) is 16.4. The Morgan fingerprint density at radius 1 is 1.17 bits per heavy atom. The van der Waals surface area contributed by atoms with Crippen molar-refractivity contribution in [3.63, 3.8) is 0 Å². The number of carbonyl (C=O) groups excluding carboxylic acids is 1. The van der Waals surface area contributed by atoms with E-state index in [1.54, 1.807) is 18.1 Å². The number of fused-ring (bicyclic) bond motifs is 1. The number of H-pyrrole nitrogens is 1. The first-order valence-corrected chi connectivity index (χ1v) is 9.81. The van der Waals surface area contributed by atoms with Gasteiger partial charge in [-0.2, -0.15) is 5.10 Å². The van der Waals surface area contributed by atoms with Crippen molar-refractivity contribution in [3.8, 4) is 5.75 Å². The quantitative estimate of drug-likeness (QED) is 0.680. The fraction of sp³-hybridized carbons (Fsp3) is 0.167. The van der Waals surface area contributed by atoms with Crippen molar-refractivity contribution in [1.82, 2.24) is 10.2 Å². The van der Waals surface area contributed by atoms with Gasteiger partial charge in [-0.3, -0.25) is 14.8 Å². The normalized spacial score (nSPS) is 20.3. The summed E-state index contributed by atoms with van der Waals surface area (Å²) in [5.41, 5.74) is 4.45. The number of rotatable bonds is 4. The number of alkyl halides is 1. The molecular weight excluding hydrogens is 381 g/mol. The van der Waals surface area contributed by atoms with Gasteiger partial charge in [-0.25, -0.2) is 4.39 Å². The fourth-order valence-electron chi connectivity index (χ4n) is 4.12. The second-order valence-corrected chi connectivity index (χ2v) is 7.32. The maximum absolute atomic E-state index is 13.6. The average molecular weight is 401 g/mol. The summed E-state index contributed by atoms with van der Waals surface area (Å²) in [5.74, 6) is 0.565. The van der Waals surface area contributed by atoms with Crippen LogP contribution < -0.4 is 9.64 Å². The molecule has 0 radical (unpaired) electrons. The van der Waals surface area contributed by atoms with E-state index < -0.39 is 6.17 Å². The third kappa shape index (κ3) is 2.92. The SMILES string of the molecule is COc1cccc(C2c3c(C4=CCC(F)C=C4)n[nH]c3C(=O)N2c2ccccc2)c1. The Morgan fingerprint density at radius 3 is 2.73 bits per heavy atom. The van der Waals surface area contributed by atoms with E-state index in [1.807, 2.05) is 60.7 Å². The van der Waals surface area contributed by atoms with Gasteiger partial charge in [0, 0.05) is 17.7 Å². The molecule has 0 bridgehead atoms. The van der Waals surface area contributed by atoms with Gasteiger partial charge in [0.25, 0.3) is 5.91 Å². The highest BCUT2D eigenvalue weighted by Crippen LogP contribution is 2.44. The molecule has 1 aliphatic carbocycles. The molecule has 0 spiro atoms. The number of allylic oxidation sites excluding steroid dienone is 4. The predicted molar refractivity (Wildman–Crippen MR) is 113 cm³/mol. The number of amides is 1. The van der Waals surface area contributed by atoms with Gasteiger partial charge in [-0.05, 0) is 41.5 Å². The van der Waals surface area contributed by atoms with E-state index in [0.29, 0.717) is 23.6 Å². The lowest BCUT2D eigenvalue weighted by molar-refractivity contribution is 0.0988. The zero-order chi connectivity index (χ0) is 20.7. The van der Waals surface area contributed by atoms with Crippen LogP contribution in [0.1, 0.15) is 39.8 Å². The van der Waals surface area contributed by atoms with Crippen LogP contribution in [0, 0.1) is 0 Å². The lowest BCUT2D eigenvalue weighted by Gasteiger charge is -2.27. The molecule has 2 atom stereocenters. The van der Waals surface area contributed by atoms with Crippen LogP contribution in [-0.2, 0) is 0 Å². The molecule has 2 unspecified atom stereocenters. The molecule has 150 valence electrons. The Labute approximate surface area is 173 Å². The van der Waals surface area contributed by atoms with E-state index in [-0.39, 0.29) is 11.9 Å². The molecule has 5 rings (SSSR count).